The van der Waals surface area contributed by atoms with Gasteiger partial charge in [0, 0.05) is 5.56 Å². The third kappa shape index (κ3) is 5.25. The van der Waals surface area contributed by atoms with E-state index >= 15 is 0 Å². The normalized spacial score (nSPS) is 11.6. The number of hydrogen-bond donors (Lipinski definition) is 1. The van der Waals surface area contributed by atoms with Crippen molar-refractivity contribution in [3.05, 3.63) is 77.6 Å². The predicted molar refractivity (Wildman–Crippen MR) is 103 cm³/mol. The molecule has 0 saturated carbocycles. The Morgan fingerprint density at radius 3 is 2.38 bits per heavy atom. The monoisotopic (exact) mass is 402 g/mol. The molecule has 0 atom stereocenters. The number of nitrogens with one attached hydrogen (secondary N) is 1. The fourth-order valence-electron chi connectivity index (χ4n) is 2.47. The highest BCUT2D eigenvalue weighted by atomic mass is 19.4. The van der Waals surface area contributed by atoms with E-state index in [1.54, 1.807) is 43.3 Å². The zero-order chi connectivity index (χ0) is 20.9. The highest BCUT2D eigenvalue weighted by Gasteiger charge is 2.29. The van der Waals surface area contributed by atoms with Crippen molar-refractivity contribution >= 4 is 17.9 Å². The summed E-state index contributed by atoms with van der Waals surface area (Å²) in [6.45, 7) is 2.05. The van der Waals surface area contributed by atoms with E-state index in [0.717, 1.165) is 17.7 Å². The predicted octanol–water partition coefficient (Wildman–Crippen LogP) is 5.59. The molecule has 0 aliphatic heterocycles. The second-order valence-corrected chi connectivity index (χ2v) is 5.94. The van der Waals surface area contributed by atoms with E-state index in [1.807, 2.05) is 0 Å². The molecule has 0 fully saturated rings. The van der Waals surface area contributed by atoms with Crippen molar-refractivity contribution in [2.24, 2.45) is 5.10 Å². The smallest absolute Gasteiger partial charge is 0.416 e. The molecular weight excluding hydrogens is 385 g/mol. The van der Waals surface area contributed by atoms with Crippen LogP contribution in [-0.2, 0) is 10.9 Å². The number of rotatable bonds is 6. The number of nitrogens with zero attached hydrogens (tertiary/aromatic N) is 1. The Kier molecular flexibility index (Phi) is 6.01. The average Bonchev–Trinajstić information content (AvgIpc) is 3.17. The number of hydrazone groups is 1. The molecule has 29 heavy (non-hydrogen) atoms. The Morgan fingerprint density at radius 2 is 1.76 bits per heavy atom. The third-order valence-electron chi connectivity index (χ3n) is 3.91. The lowest BCUT2D eigenvalue weighted by Gasteiger charge is -2.06. The van der Waals surface area contributed by atoms with Crippen LogP contribution in [0, 0.1) is 0 Å². The second kappa shape index (κ2) is 8.64. The first-order valence-corrected chi connectivity index (χ1v) is 8.70. The fraction of sp³-hybridized carbons (Fsp3) is 0.143. The number of anilines is 1. The maximum Gasteiger partial charge on any atom is 0.416 e. The Hall–Kier alpha value is -3.55. The molecule has 0 spiro atoms. The van der Waals surface area contributed by atoms with Crippen molar-refractivity contribution in [3.63, 3.8) is 0 Å². The van der Waals surface area contributed by atoms with E-state index in [9.17, 15) is 18.0 Å². The number of esters is 1. The number of hydrogen-bond acceptors (Lipinski definition) is 5. The van der Waals surface area contributed by atoms with Crippen LogP contribution in [0.15, 0.2) is 70.2 Å². The largest absolute Gasteiger partial charge is 0.462 e. The molecule has 2 aromatic carbocycles. The molecule has 150 valence electrons. The van der Waals surface area contributed by atoms with Gasteiger partial charge in [-0.15, -0.1) is 0 Å². The molecular formula is C21H17F3N2O3. The zero-order valence-electron chi connectivity index (χ0n) is 15.4. The molecule has 3 aromatic rings. The lowest BCUT2D eigenvalue weighted by Crippen LogP contribution is -2.04. The molecule has 1 N–H and O–H groups in total. The summed E-state index contributed by atoms with van der Waals surface area (Å²) in [5.74, 6) is 0.644. The molecule has 8 heteroatoms. The van der Waals surface area contributed by atoms with Crippen LogP contribution in [0.1, 0.15) is 28.6 Å². The number of alkyl halides is 3. The van der Waals surface area contributed by atoms with Gasteiger partial charge in [0.25, 0.3) is 0 Å². The minimum atomic E-state index is -4.37. The summed E-state index contributed by atoms with van der Waals surface area (Å²) in [6.07, 6.45) is -2.96. The van der Waals surface area contributed by atoms with E-state index in [1.165, 1.54) is 18.3 Å². The molecule has 0 unspecified atom stereocenters. The average molecular weight is 402 g/mol. The molecule has 1 aromatic heterocycles. The molecule has 3 rings (SSSR count). The quantitative estimate of drug-likeness (QED) is 0.332. The molecule has 0 saturated heterocycles. The second-order valence-electron chi connectivity index (χ2n) is 5.94. The Bertz CT molecular complexity index is 991. The van der Waals surface area contributed by atoms with Crippen LogP contribution >= 0.6 is 0 Å². The summed E-state index contributed by atoms with van der Waals surface area (Å²) in [6, 6.07) is 14.8. The van der Waals surface area contributed by atoms with Crippen LogP contribution in [0.3, 0.4) is 0 Å². The SMILES string of the molecule is CCOC(=O)c1ccc(-c2ccc(/C=N/Nc3ccc(C(F)(F)F)cc3)o2)cc1. The summed E-state index contributed by atoms with van der Waals surface area (Å²) >= 11 is 0. The van der Waals surface area contributed by atoms with Crippen molar-refractivity contribution < 1.29 is 27.1 Å². The first-order valence-electron chi connectivity index (χ1n) is 8.70. The van der Waals surface area contributed by atoms with E-state index in [-0.39, 0.29) is 5.97 Å². The standard InChI is InChI=1S/C21H17F3N2O3/c1-2-28-20(27)15-5-3-14(4-6-15)19-12-11-18(29-19)13-25-26-17-9-7-16(8-10-17)21(22,23)24/h3-13,26H,2H2,1H3/b25-13+. The maximum absolute atomic E-state index is 12.5. The van der Waals surface area contributed by atoms with Gasteiger partial charge in [0.2, 0.25) is 0 Å². The maximum atomic E-state index is 12.5. The van der Waals surface area contributed by atoms with Gasteiger partial charge in [-0.25, -0.2) is 4.79 Å². The van der Waals surface area contributed by atoms with Crippen LogP contribution in [0.5, 0.6) is 0 Å². The molecule has 0 bridgehead atoms. The lowest BCUT2D eigenvalue weighted by atomic mass is 10.1. The number of carbonyl (C=O) groups excluding carboxylic acids is 1. The first kappa shape index (κ1) is 20.2. The van der Waals surface area contributed by atoms with Crippen LogP contribution < -0.4 is 5.43 Å². The van der Waals surface area contributed by atoms with E-state index in [2.05, 4.69) is 10.5 Å². The van der Waals surface area contributed by atoms with Crippen LogP contribution in [0.4, 0.5) is 18.9 Å². The highest BCUT2D eigenvalue weighted by Crippen LogP contribution is 2.29. The van der Waals surface area contributed by atoms with Crippen molar-refractivity contribution in [1.29, 1.82) is 0 Å². The van der Waals surface area contributed by atoms with Crippen LogP contribution in [0.25, 0.3) is 11.3 Å². The van der Waals surface area contributed by atoms with Gasteiger partial charge in [0.05, 0.1) is 29.6 Å². The van der Waals surface area contributed by atoms with Crippen LogP contribution in [-0.4, -0.2) is 18.8 Å². The minimum Gasteiger partial charge on any atom is -0.462 e. The lowest BCUT2D eigenvalue weighted by molar-refractivity contribution is -0.137. The molecule has 5 nitrogen and oxygen atoms in total. The van der Waals surface area contributed by atoms with Crippen molar-refractivity contribution in [1.82, 2.24) is 0 Å². The molecule has 0 radical (unpaired) electrons. The Labute approximate surface area is 164 Å². The van der Waals surface area contributed by atoms with Gasteiger partial charge in [-0.2, -0.15) is 18.3 Å². The van der Waals surface area contributed by atoms with Gasteiger partial charge in [0.15, 0.2) is 0 Å². The summed E-state index contributed by atoms with van der Waals surface area (Å²) in [5.41, 5.74) is 3.55. The number of benzene rings is 2. The minimum absolute atomic E-state index is 0.308. The van der Waals surface area contributed by atoms with Gasteiger partial charge in [-0.3, -0.25) is 5.43 Å². The number of furan rings is 1. The highest BCUT2D eigenvalue weighted by molar-refractivity contribution is 5.90. The van der Waals surface area contributed by atoms with Gasteiger partial charge in [-0.1, -0.05) is 12.1 Å². The summed E-state index contributed by atoms with van der Waals surface area (Å²) < 4.78 is 48.2. The summed E-state index contributed by atoms with van der Waals surface area (Å²) in [7, 11) is 0. The van der Waals surface area contributed by atoms with Crippen molar-refractivity contribution in [2.45, 2.75) is 13.1 Å². The third-order valence-corrected chi connectivity index (χ3v) is 3.91. The number of ether oxygens (including phenoxy) is 1. The Morgan fingerprint density at radius 1 is 1.07 bits per heavy atom. The van der Waals surface area contributed by atoms with Gasteiger partial charge in [-0.05, 0) is 55.5 Å². The fourth-order valence-corrected chi connectivity index (χ4v) is 2.47. The van der Waals surface area contributed by atoms with E-state index < -0.39 is 11.7 Å². The topological polar surface area (TPSA) is 63.8 Å². The molecule has 0 aliphatic rings. The van der Waals surface area contributed by atoms with Crippen molar-refractivity contribution in [3.8, 4) is 11.3 Å². The molecule has 0 amide bonds. The summed E-state index contributed by atoms with van der Waals surface area (Å²) in [4.78, 5) is 11.7. The summed E-state index contributed by atoms with van der Waals surface area (Å²) in [5, 5.41) is 3.96. The van der Waals surface area contributed by atoms with Gasteiger partial charge >= 0.3 is 12.1 Å². The first-order chi connectivity index (χ1) is 13.9. The van der Waals surface area contributed by atoms with Gasteiger partial charge in [0.1, 0.15) is 11.5 Å². The Balaban J connectivity index is 1.62. The number of halogens is 3. The van der Waals surface area contributed by atoms with Crippen LogP contribution in [0.2, 0.25) is 0 Å². The van der Waals surface area contributed by atoms with E-state index in [0.29, 0.717) is 29.4 Å². The number of carbonyl (C=O) groups is 1. The zero-order valence-corrected chi connectivity index (χ0v) is 15.4. The molecule has 1 heterocycles. The van der Waals surface area contributed by atoms with E-state index in [4.69, 9.17) is 9.15 Å². The van der Waals surface area contributed by atoms with Crippen molar-refractivity contribution in [2.75, 3.05) is 12.0 Å². The van der Waals surface area contributed by atoms with Gasteiger partial charge < -0.3 is 9.15 Å². The molecule has 0 aliphatic carbocycles.